The van der Waals surface area contributed by atoms with Crippen LogP contribution in [-0.2, 0) is 4.79 Å². The summed E-state index contributed by atoms with van der Waals surface area (Å²) in [6, 6.07) is 0.580. The Labute approximate surface area is 104 Å². The minimum Gasteiger partial charge on any atom is -0.355 e. The van der Waals surface area contributed by atoms with Crippen molar-refractivity contribution in [2.24, 2.45) is 0 Å². The minimum absolute atomic E-state index is 0.0301. The minimum atomic E-state index is 0.0301. The third-order valence-electron chi connectivity index (χ3n) is 3.96. The number of amides is 1. The number of nitrogens with one attached hydrogen (secondary N) is 2. The van der Waals surface area contributed by atoms with Crippen LogP contribution in [0.15, 0.2) is 0 Å². The Balaban J connectivity index is 1.73. The zero-order valence-corrected chi connectivity index (χ0v) is 10.9. The van der Waals surface area contributed by atoms with Gasteiger partial charge < -0.3 is 10.6 Å². The highest BCUT2D eigenvalue weighted by molar-refractivity contribution is 5.81. The molecular weight excluding hydrogens is 214 g/mol. The molecule has 0 aromatic heterocycles. The summed E-state index contributed by atoms with van der Waals surface area (Å²) < 4.78 is 0. The van der Waals surface area contributed by atoms with Gasteiger partial charge in [-0.15, -0.1) is 0 Å². The lowest BCUT2D eigenvalue weighted by atomic mass is 10.1. The van der Waals surface area contributed by atoms with Gasteiger partial charge in [-0.2, -0.15) is 0 Å². The van der Waals surface area contributed by atoms with Crippen LogP contribution in [0.4, 0.5) is 0 Å². The van der Waals surface area contributed by atoms with Crippen molar-refractivity contribution in [3.8, 4) is 0 Å². The van der Waals surface area contributed by atoms with Gasteiger partial charge in [-0.3, -0.25) is 9.69 Å². The van der Waals surface area contributed by atoms with Gasteiger partial charge in [0, 0.05) is 19.1 Å². The molecule has 2 heterocycles. The summed E-state index contributed by atoms with van der Waals surface area (Å²) in [6.45, 7) is 6.48. The summed E-state index contributed by atoms with van der Waals surface area (Å²) in [5, 5.41) is 6.41. The van der Waals surface area contributed by atoms with Gasteiger partial charge in [0.15, 0.2) is 0 Å². The molecule has 2 N–H and O–H groups in total. The van der Waals surface area contributed by atoms with Gasteiger partial charge in [0.25, 0.3) is 0 Å². The second-order valence-corrected chi connectivity index (χ2v) is 5.34. The molecule has 0 saturated carbocycles. The Bertz CT molecular complexity index is 251. The zero-order valence-electron chi connectivity index (χ0n) is 10.9. The number of likely N-dealkylation sites (tertiary alicyclic amines) is 1. The molecule has 0 radical (unpaired) electrons. The predicted molar refractivity (Wildman–Crippen MR) is 68.9 cm³/mol. The van der Waals surface area contributed by atoms with Crippen LogP contribution in [0.5, 0.6) is 0 Å². The molecule has 0 aromatic rings. The molecule has 0 aliphatic carbocycles. The number of hydrogen-bond acceptors (Lipinski definition) is 3. The van der Waals surface area contributed by atoms with Crippen molar-refractivity contribution >= 4 is 5.91 Å². The van der Waals surface area contributed by atoms with Gasteiger partial charge in [-0.25, -0.2) is 0 Å². The maximum atomic E-state index is 11.8. The first-order valence-corrected chi connectivity index (χ1v) is 7.02. The van der Waals surface area contributed by atoms with Gasteiger partial charge in [0.05, 0.1) is 6.04 Å². The molecular formula is C13H25N3O. The van der Waals surface area contributed by atoms with E-state index in [4.69, 9.17) is 0 Å². The molecule has 98 valence electrons. The lowest BCUT2D eigenvalue weighted by molar-refractivity contribution is -0.122. The van der Waals surface area contributed by atoms with Crippen molar-refractivity contribution in [2.75, 3.05) is 26.2 Å². The van der Waals surface area contributed by atoms with Crippen LogP contribution < -0.4 is 10.6 Å². The van der Waals surface area contributed by atoms with Gasteiger partial charge in [0.2, 0.25) is 5.91 Å². The van der Waals surface area contributed by atoms with Crippen LogP contribution in [-0.4, -0.2) is 49.1 Å². The van der Waals surface area contributed by atoms with Crippen molar-refractivity contribution < 1.29 is 4.79 Å². The highest BCUT2D eigenvalue weighted by Gasteiger charge is 2.23. The van der Waals surface area contributed by atoms with Crippen LogP contribution in [0.25, 0.3) is 0 Å². The number of hydrogen-bond donors (Lipinski definition) is 2. The van der Waals surface area contributed by atoms with Crippen LogP contribution in [0.2, 0.25) is 0 Å². The topological polar surface area (TPSA) is 44.4 Å². The quantitative estimate of drug-likeness (QED) is 0.760. The molecule has 4 heteroatoms. The van der Waals surface area contributed by atoms with E-state index >= 15 is 0 Å². The Morgan fingerprint density at radius 1 is 1.35 bits per heavy atom. The first-order chi connectivity index (χ1) is 8.27. The first kappa shape index (κ1) is 12.8. The van der Waals surface area contributed by atoms with E-state index in [0.29, 0.717) is 6.04 Å². The lowest BCUT2D eigenvalue weighted by Gasteiger charge is -2.26. The summed E-state index contributed by atoms with van der Waals surface area (Å²) in [7, 11) is 0. The van der Waals surface area contributed by atoms with E-state index in [0.717, 1.165) is 32.4 Å². The second kappa shape index (κ2) is 6.36. The molecule has 2 fully saturated rings. The smallest absolute Gasteiger partial charge is 0.237 e. The van der Waals surface area contributed by atoms with E-state index in [1.165, 1.54) is 25.9 Å². The SMILES string of the molecule is CC(CNC1CCCCNC1=O)N1CCCC1. The van der Waals surface area contributed by atoms with Crippen molar-refractivity contribution in [3.63, 3.8) is 0 Å². The fourth-order valence-electron chi connectivity index (χ4n) is 2.76. The highest BCUT2D eigenvalue weighted by atomic mass is 16.2. The Morgan fingerprint density at radius 2 is 2.12 bits per heavy atom. The first-order valence-electron chi connectivity index (χ1n) is 7.02. The summed E-state index contributed by atoms with van der Waals surface area (Å²) in [4.78, 5) is 14.3. The van der Waals surface area contributed by atoms with Gasteiger partial charge >= 0.3 is 0 Å². The monoisotopic (exact) mass is 239 g/mol. The van der Waals surface area contributed by atoms with Crippen LogP contribution in [0.1, 0.15) is 39.0 Å². The maximum absolute atomic E-state index is 11.8. The molecule has 2 saturated heterocycles. The molecule has 17 heavy (non-hydrogen) atoms. The number of nitrogens with zero attached hydrogens (tertiary/aromatic N) is 1. The fourth-order valence-corrected chi connectivity index (χ4v) is 2.76. The van der Waals surface area contributed by atoms with E-state index in [1.807, 2.05) is 0 Å². The van der Waals surface area contributed by atoms with Gasteiger partial charge in [-0.1, -0.05) is 0 Å². The molecule has 2 rings (SSSR count). The van der Waals surface area contributed by atoms with Gasteiger partial charge in [0.1, 0.15) is 0 Å². The molecule has 1 amide bonds. The molecule has 2 aliphatic rings. The zero-order chi connectivity index (χ0) is 12.1. The fraction of sp³-hybridized carbons (Fsp3) is 0.923. The van der Waals surface area contributed by atoms with Crippen molar-refractivity contribution in [2.45, 2.75) is 51.1 Å². The third kappa shape index (κ3) is 3.68. The molecule has 2 atom stereocenters. The molecule has 0 spiro atoms. The number of carbonyl (C=O) groups is 1. The van der Waals surface area contributed by atoms with Crippen LogP contribution >= 0.6 is 0 Å². The summed E-state index contributed by atoms with van der Waals surface area (Å²) in [6.07, 6.45) is 5.90. The van der Waals surface area contributed by atoms with Gasteiger partial charge in [-0.05, 0) is 52.1 Å². The van der Waals surface area contributed by atoms with E-state index in [-0.39, 0.29) is 11.9 Å². The predicted octanol–water partition coefficient (Wildman–Crippen LogP) is 0.729. The molecule has 0 bridgehead atoms. The Morgan fingerprint density at radius 3 is 2.88 bits per heavy atom. The van der Waals surface area contributed by atoms with E-state index < -0.39 is 0 Å². The summed E-state index contributed by atoms with van der Waals surface area (Å²) in [5.74, 6) is 0.191. The largest absolute Gasteiger partial charge is 0.355 e. The molecule has 2 unspecified atom stereocenters. The van der Waals surface area contributed by atoms with E-state index in [1.54, 1.807) is 0 Å². The summed E-state index contributed by atoms with van der Waals surface area (Å²) in [5.41, 5.74) is 0. The number of rotatable bonds is 4. The van der Waals surface area contributed by atoms with Crippen molar-refractivity contribution in [1.29, 1.82) is 0 Å². The van der Waals surface area contributed by atoms with Crippen LogP contribution in [0, 0.1) is 0 Å². The Kier molecular flexibility index (Phi) is 4.80. The lowest BCUT2D eigenvalue weighted by Crippen LogP contribution is -2.48. The average Bonchev–Trinajstić information content (AvgIpc) is 2.78. The van der Waals surface area contributed by atoms with E-state index in [9.17, 15) is 4.79 Å². The second-order valence-electron chi connectivity index (χ2n) is 5.34. The van der Waals surface area contributed by atoms with Crippen LogP contribution in [0.3, 0.4) is 0 Å². The maximum Gasteiger partial charge on any atom is 0.237 e. The summed E-state index contributed by atoms with van der Waals surface area (Å²) >= 11 is 0. The standard InChI is InChI=1S/C13H25N3O/c1-11(16-8-4-5-9-16)10-15-12-6-2-3-7-14-13(12)17/h11-12,15H,2-10H2,1H3,(H,14,17). The highest BCUT2D eigenvalue weighted by Crippen LogP contribution is 2.11. The Hall–Kier alpha value is -0.610. The molecule has 4 nitrogen and oxygen atoms in total. The van der Waals surface area contributed by atoms with E-state index in [2.05, 4.69) is 22.5 Å². The number of carbonyl (C=O) groups excluding carboxylic acids is 1. The normalized spacial score (nSPS) is 28.8. The van der Waals surface area contributed by atoms with Crippen molar-refractivity contribution in [3.05, 3.63) is 0 Å². The average molecular weight is 239 g/mol. The molecule has 2 aliphatic heterocycles. The van der Waals surface area contributed by atoms with Crippen molar-refractivity contribution in [1.82, 2.24) is 15.5 Å². The third-order valence-corrected chi connectivity index (χ3v) is 3.96. The molecule has 0 aromatic carbocycles.